The number of carbonyl (C=O) groups excluding carboxylic acids is 1. The fraction of sp³-hybridized carbons (Fsp3) is 0.615. The highest BCUT2D eigenvalue weighted by molar-refractivity contribution is 7.10. The van der Waals surface area contributed by atoms with E-state index in [1.807, 2.05) is 11.4 Å². The molecule has 0 saturated carbocycles. The zero-order valence-electron chi connectivity index (χ0n) is 11.9. The summed E-state index contributed by atoms with van der Waals surface area (Å²) >= 11 is 1.65. The third kappa shape index (κ3) is 6.68. The van der Waals surface area contributed by atoms with Gasteiger partial charge >= 0.3 is 0 Å². The van der Waals surface area contributed by atoms with Crippen LogP contribution in [0, 0.1) is 0 Å². The molecule has 0 aliphatic carbocycles. The third-order valence-corrected chi connectivity index (χ3v) is 3.61. The lowest BCUT2D eigenvalue weighted by molar-refractivity contribution is -0.114. The van der Waals surface area contributed by atoms with Gasteiger partial charge in [0.15, 0.2) is 0 Å². The van der Waals surface area contributed by atoms with E-state index in [-0.39, 0.29) is 5.91 Å². The molecule has 19 heavy (non-hydrogen) atoms. The van der Waals surface area contributed by atoms with Crippen molar-refractivity contribution in [2.75, 3.05) is 45.7 Å². The van der Waals surface area contributed by atoms with Gasteiger partial charge in [-0.25, -0.2) is 0 Å². The van der Waals surface area contributed by atoms with E-state index in [1.165, 1.54) is 6.92 Å². The quantitative estimate of drug-likeness (QED) is 0.673. The normalized spacial score (nSPS) is 10.9. The van der Waals surface area contributed by atoms with Crippen LogP contribution in [0.4, 0.5) is 5.69 Å². The highest BCUT2D eigenvalue weighted by atomic mass is 32.1. The molecule has 1 aromatic heterocycles. The number of hydrogen-bond donors (Lipinski definition) is 2. The number of hydrogen-bond acceptors (Lipinski definition) is 5. The summed E-state index contributed by atoms with van der Waals surface area (Å²) in [6, 6.07) is 1.94. The van der Waals surface area contributed by atoms with Crippen LogP contribution < -0.4 is 10.6 Å². The molecule has 108 valence electrons. The number of nitrogens with zero attached hydrogens (tertiary/aromatic N) is 1. The first-order chi connectivity index (χ1) is 9.13. The Bertz CT molecular complexity index is 382. The van der Waals surface area contributed by atoms with Gasteiger partial charge in [0, 0.05) is 45.1 Å². The van der Waals surface area contributed by atoms with Gasteiger partial charge in [0.25, 0.3) is 0 Å². The molecular formula is C13H23N3O2S. The number of rotatable bonds is 9. The predicted octanol–water partition coefficient (Wildman–Crippen LogP) is 1.37. The second kappa shape index (κ2) is 9.03. The third-order valence-electron chi connectivity index (χ3n) is 2.69. The van der Waals surface area contributed by atoms with Gasteiger partial charge in [-0.15, -0.1) is 11.3 Å². The minimum atomic E-state index is -0.0288. The van der Waals surface area contributed by atoms with Crippen molar-refractivity contribution in [1.82, 2.24) is 10.2 Å². The molecule has 0 radical (unpaired) electrons. The summed E-state index contributed by atoms with van der Waals surface area (Å²) in [4.78, 5) is 14.4. The summed E-state index contributed by atoms with van der Waals surface area (Å²) in [5.41, 5.74) is 0.915. The number of methoxy groups -OCH3 is 1. The van der Waals surface area contributed by atoms with Gasteiger partial charge in [-0.2, -0.15) is 0 Å². The molecule has 2 N–H and O–H groups in total. The van der Waals surface area contributed by atoms with Crippen LogP contribution in [0.2, 0.25) is 0 Å². The SMILES string of the molecule is COCCN(C)CCNCc1sccc1NC(C)=O. The molecule has 0 unspecified atom stereocenters. The van der Waals surface area contributed by atoms with Crippen molar-refractivity contribution in [2.24, 2.45) is 0 Å². The minimum Gasteiger partial charge on any atom is -0.383 e. The number of nitrogens with one attached hydrogen (secondary N) is 2. The van der Waals surface area contributed by atoms with Crippen molar-refractivity contribution in [1.29, 1.82) is 0 Å². The molecular weight excluding hydrogens is 262 g/mol. The second-order valence-corrected chi connectivity index (χ2v) is 5.41. The van der Waals surface area contributed by atoms with E-state index >= 15 is 0 Å². The first-order valence-electron chi connectivity index (χ1n) is 6.35. The molecule has 0 aliphatic heterocycles. The molecule has 5 nitrogen and oxygen atoms in total. The molecule has 0 fully saturated rings. The Kier molecular flexibility index (Phi) is 7.66. The Labute approximate surface area is 118 Å². The van der Waals surface area contributed by atoms with E-state index < -0.39 is 0 Å². The summed E-state index contributed by atoms with van der Waals surface area (Å²) in [6.45, 7) is 5.90. The van der Waals surface area contributed by atoms with Crippen molar-refractivity contribution in [3.05, 3.63) is 16.3 Å². The van der Waals surface area contributed by atoms with Crippen LogP contribution in [-0.4, -0.2) is 51.2 Å². The highest BCUT2D eigenvalue weighted by Crippen LogP contribution is 2.21. The molecule has 0 aliphatic rings. The fourth-order valence-electron chi connectivity index (χ4n) is 1.61. The van der Waals surface area contributed by atoms with Crippen LogP contribution in [0.25, 0.3) is 0 Å². The lowest BCUT2D eigenvalue weighted by Crippen LogP contribution is -2.31. The van der Waals surface area contributed by atoms with E-state index in [4.69, 9.17) is 4.74 Å². The largest absolute Gasteiger partial charge is 0.383 e. The molecule has 6 heteroatoms. The lowest BCUT2D eigenvalue weighted by Gasteiger charge is -2.16. The Balaban J connectivity index is 2.22. The van der Waals surface area contributed by atoms with Gasteiger partial charge < -0.3 is 20.3 Å². The van der Waals surface area contributed by atoms with Gasteiger partial charge in [0.1, 0.15) is 0 Å². The molecule has 1 rings (SSSR count). The maximum Gasteiger partial charge on any atom is 0.221 e. The maximum atomic E-state index is 11.0. The smallest absolute Gasteiger partial charge is 0.221 e. The number of ether oxygens (including phenoxy) is 1. The Hall–Kier alpha value is -0.950. The van der Waals surface area contributed by atoms with E-state index in [0.717, 1.165) is 43.4 Å². The van der Waals surface area contributed by atoms with Gasteiger partial charge in [-0.1, -0.05) is 0 Å². The van der Waals surface area contributed by atoms with Gasteiger partial charge in [-0.3, -0.25) is 4.79 Å². The molecule has 0 spiro atoms. The van der Waals surface area contributed by atoms with Crippen LogP contribution in [0.1, 0.15) is 11.8 Å². The predicted molar refractivity (Wildman–Crippen MR) is 79.7 cm³/mol. The van der Waals surface area contributed by atoms with Crippen LogP contribution in [-0.2, 0) is 16.1 Å². The Morgan fingerprint density at radius 2 is 2.26 bits per heavy atom. The van der Waals surface area contributed by atoms with Crippen molar-refractivity contribution in [3.8, 4) is 0 Å². The van der Waals surface area contributed by atoms with Crippen molar-refractivity contribution in [2.45, 2.75) is 13.5 Å². The summed E-state index contributed by atoms with van der Waals surface area (Å²) in [6.07, 6.45) is 0. The van der Waals surface area contributed by atoms with Crippen molar-refractivity contribution < 1.29 is 9.53 Å². The summed E-state index contributed by atoms with van der Waals surface area (Å²) in [5, 5.41) is 8.21. The highest BCUT2D eigenvalue weighted by Gasteiger charge is 2.05. The maximum absolute atomic E-state index is 11.0. The molecule has 0 saturated heterocycles. The van der Waals surface area contributed by atoms with Crippen molar-refractivity contribution >= 4 is 22.9 Å². The zero-order valence-corrected chi connectivity index (χ0v) is 12.7. The standard InChI is InChI=1S/C13H23N3O2S/c1-11(17)15-12-4-9-19-13(12)10-14-5-6-16(2)7-8-18-3/h4,9,14H,5-8,10H2,1-3H3,(H,15,17). The van der Waals surface area contributed by atoms with E-state index in [1.54, 1.807) is 18.4 Å². The number of thiophene rings is 1. The van der Waals surface area contributed by atoms with Gasteiger partial charge in [0.05, 0.1) is 12.3 Å². The molecule has 0 bridgehead atoms. The topological polar surface area (TPSA) is 53.6 Å². The van der Waals surface area contributed by atoms with E-state index in [9.17, 15) is 4.79 Å². The van der Waals surface area contributed by atoms with E-state index in [0.29, 0.717) is 0 Å². The van der Waals surface area contributed by atoms with Gasteiger partial charge in [0.2, 0.25) is 5.91 Å². The second-order valence-electron chi connectivity index (χ2n) is 4.41. The monoisotopic (exact) mass is 285 g/mol. The number of carbonyl (C=O) groups is 1. The van der Waals surface area contributed by atoms with Crippen LogP contribution >= 0.6 is 11.3 Å². The van der Waals surface area contributed by atoms with E-state index in [2.05, 4.69) is 22.6 Å². The van der Waals surface area contributed by atoms with Gasteiger partial charge in [-0.05, 0) is 18.5 Å². The molecule has 0 atom stereocenters. The Morgan fingerprint density at radius 1 is 1.47 bits per heavy atom. The fourth-order valence-corrected chi connectivity index (χ4v) is 2.41. The first kappa shape index (κ1) is 16.1. The van der Waals surface area contributed by atoms with Crippen LogP contribution in [0.15, 0.2) is 11.4 Å². The zero-order chi connectivity index (χ0) is 14.1. The molecule has 1 aromatic rings. The summed E-state index contributed by atoms with van der Waals surface area (Å²) in [7, 11) is 3.79. The number of anilines is 1. The number of likely N-dealkylation sites (N-methyl/N-ethyl adjacent to an activating group) is 1. The molecule has 0 aromatic carbocycles. The number of amides is 1. The summed E-state index contributed by atoms with van der Waals surface area (Å²) < 4.78 is 5.03. The first-order valence-corrected chi connectivity index (χ1v) is 7.23. The molecule has 1 amide bonds. The van der Waals surface area contributed by atoms with Crippen LogP contribution in [0.3, 0.4) is 0 Å². The lowest BCUT2D eigenvalue weighted by atomic mass is 10.3. The Morgan fingerprint density at radius 3 is 2.95 bits per heavy atom. The summed E-state index contributed by atoms with van der Waals surface area (Å²) in [5.74, 6) is -0.0288. The minimum absolute atomic E-state index is 0.0288. The van der Waals surface area contributed by atoms with Crippen LogP contribution in [0.5, 0.6) is 0 Å². The average molecular weight is 285 g/mol. The molecule has 1 heterocycles. The average Bonchev–Trinajstić information content (AvgIpc) is 2.78. The van der Waals surface area contributed by atoms with Crippen molar-refractivity contribution in [3.63, 3.8) is 0 Å².